The monoisotopic (exact) mass is 177 g/mol. The Kier molecular flexibility index (Phi) is 1.65. The molecule has 0 unspecified atom stereocenters. The Labute approximate surface area is 78.0 Å². The summed E-state index contributed by atoms with van der Waals surface area (Å²) in [5.74, 6) is 0. The van der Waals surface area contributed by atoms with Crippen molar-refractivity contribution in [3.05, 3.63) is 29.3 Å². The second-order valence-electron chi connectivity index (χ2n) is 3.26. The van der Waals surface area contributed by atoms with Gasteiger partial charge in [-0.25, -0.2) is 0 Å². The van der Waals surface area contributed by atoms with Crippen molar-refractivity contribution in [3.63, 3.8) is 0 Å². The molecular formula is C10H11NS. The summed E-state index contributed by atoms with van der Waals surface area (Å²) < 4.78 is 0. The number of hydrogen-bond acceptors (Lipinski definition) is 1. The normalized spacial score (nSPS) is 15.2. The van der Waals surface area contributed by atoms with Gasteiger partial charge in [-0.1, -0.05) is 24.4 Å². The lowest BCUT2D eigenvalue weighted by Crippen LogP contribution is -2.18. The van der Waals surface area contributed by atoms with Crippen LogP contribution in [0, 0.1) is 6.92 Å². The lowest BCUT2D eigenvalue weighted by atomic mass is 10.1. The zero-order valence-corrected chi connectivity index (χ0v) is 8.11. The van der Waals surface area contributed by atoms with Gasteiger partial charge in [0.2, 0.25) is 0 Å². The highest BCUT2D eigenvalue weighted by Gasteiger charge is 2.19. The fraction of sp³-hybridized carbons (Fsp3) is 0.300. The molecule has 62 valence electrons. The number of thiocarbonyl (C=S) groups is 1. The van der Waals surface area contributed by atoms with Crippen LogP contribution in [0.3, 0.4) is 0 Å². The molecule has 1 aromatic carbocycles. The Balaban J connectivity index is 2.55. The third kappa shape index (κ3) is 1.03. The molecule has 0 radical (unpaired) electrons. The van der Waals surface area contributed by atoms with Gasteiger partial charge in [-0.3, -0.25) is 0 Å². The fourth-order valence-corrected chi connectivity index (χ4v) is 1.81. The van der Waals surface area contributed by atoms with Crippen LogP contribution in [-0.2, 0) is 6.42 Å². The van der Waals surface area contributed by atoms with Gasteiger partial charge in [0.15, 0.2) is 0 Å². The molecule has 2 heteroatoms. The molecule has 0 saturated carbocycles. The lowest BCUT2D eigenvalue weighted by molar-refractivity contribution is 1.30. The zero-order chi connectivity index (χ0) is 8.72. The quantitative estimate of drug-likeness (QED) is 0.559. The Morgan fingerprint density at radius 3 is 2.92 bits per heavy atom. The maximum Gasteiger partial charge on any atom is 0.0866 e. The number of hydrogen-bond donors (Lipinski definition) is 0. The van der Waals surface area contributed by atoms with Gasteiger partial charge >= 0.3 is 0 Å². The first-order chi connectivity index (χ1) is 5.68. The van der Waals surface area contributed by atoms with E-state index in [9.17, 15) is 0 Å². The van der Waals surface area contributed by atoms with Gasteiger partial charge in [-0.2, -0.15) is 0 Å². The molecule has 1 heterocycles. The van der Waals surface area contributed by atoms with E-state index < -0.39 is 0 Å². The molecule has 0 bridgehead atoms. The van der Waals surface area contributed by atoms with Gasteiger partial charge in [0.05, 0.1) is 4.99 Å². The molecule has 0 aliphatic carbocycles. The van der Waals surface area contributed by atoms with Crippen LogP contribution in [0.15, 0.2) is 18.2 Å². The summed E-state index contributed by atoms with van der Waals surface area (Å²) in [6.07, 6.45) is 0.932. The van der Waals surface area contributed by atoms with Crippen LogP contribution in [0.25, 0.3) is 0 Å². The van der Waals surface area contributed by atoms with Crippen molar-refractivity contribution in [2.45, 2.75) is 13.3 Å². The van der Waals surface area contributed by atoms with Crippen LogP contribution in [0.1, 0.15) is 11.1 Å². The average Bonchev–Trinajstić information content (AvgIpc) is 2.31. The molecule has 1 aliphatic rings. The Bertz CT molecular complexity index is 344. The molecular weight excluding hydrogens is 166 g/mol. The van der Waals surface area contributed by atoms with Crippen LogP contribution < -0.4 is 4.90 Å². The molecule has 12 heavy (non-hydrogen) atoms. The Hall–Kier alpha value is -0.890. The summed E-state index contributed by atoms with van der Waals surface area (Å²) in [6, 6.07) is 6.50. The molecule has 0 aromatic heterocycles. The number of likely N-dealkylation sites (N-methyl/N-ethyl adjacent to an activating group) is 1. The highest BCUT2D eigenvalue weighted by Crippen LogP contribution is 2.28. The van der Waals surface area contributed by atoms with Gasteiger partial charge in [-0.05, 0) is 24.1 Å². The van der Waals surface area contributed by atoms with Crippen LogP contribution in [-0.4, -0.2) is 12.0 Å². The smallest absolute Gasteiger partial charge is 0.0866 e. The molecule has 0 spiro atoms. The van der Waals surface area contributed by atoms with Gasteiger partial charge < -0.3 is 4.90 Å². The van der Waals surface area contributed by atoms with Gasteiger partial charge in [0, 0.05) is 19.2 Å². The first kappa shape index (κ1) is 7.74. The molecule has 2 rings (SSSR count). The van der Waals surface area contributed by atoms with Gasteiger partial charge in [0.25, 0.3) is 0 Å². The van der Waals surface area contributed by atoms with Crippen molar-refractivity contribution in [3.8, 4) is 0 Å². The van der Waals surface area contributed by atoms with Crippen LogP contribution in [0.5, 0.6) is 0 Å². The number of fused-ring (bicyclic) bond motifs is 1. The van der Waals surface area contributed by atoms with Crippen molar-refractivity contribution < 1.29 is 0 Å². The second kappa shape index (κ2) is 2.56. The number of anilines is 1. The third-order valence-electron chi connectivity index (χ3n) is 2.32. The summed E-state index contributed by atoms with van der Waals surface area (Å²) in [5.41, 5.74) is 3.93. The van der Waals surface area contributed by atoms with Crippen molar-refractivity contribution >= 4 is 22.9 Å². The van der Waals surface area contributed by atoms with Crippen molar-refractivity contribution in [2.75, 3.05) is 11.9 Å². The van der Waals surface area contributed by atoms with Crippen molar-refractivity contribution in [1.29, 1.82) is 0 Å². The molecule has 0 fully saturated rings. The summed E-state index contributed by atoms with van der Waals surface area (Å²) in [6.45, 7) is 2.11. The van der Waals surface area contributed by atoms with E-state index in [1.54, 1.807) is 0 Å². The SMILES string of the molecule is Cc1ccc2c(c1)N(C)C(=S)C2. The maximum absolute atomic E-state index is 5.22. The largest absolute Gasteiger partial charge is 0.339 e. The van der Waals surface area contributed by atoms with E-state index in [0.717, 1.165) is 11.4 Å². The predicted octanol–water partition coefficient (Wildman–Crippen LogP) is 2.31. The molecule has 0 atom stereocenters. The first-order valence-electron chi connectivity index (χ1n) is 4.04. The van der Waals surface area contributed by atoms with Crippen molar-refractivity contribution in [1.82, 2.24) is 0 Å². The first-order valence-corrected chi connectivity index (χ1v) is 4.45. The molecule has 0 amide bonds. The van der Waals surface area contributed by atoms with E-state index in [4.69, 9.17) is 12.2 Å². The van der Waals surface area contributed by atoms with E-state index in [2.05, 4.69) is 30.0 Å². The van der Waals surface area contributed by atoms with E-state index in [1.165, 1.54) is 16.8 Å². The fourth-order valence-electron chi connectivity index (χ4n) is 1.55. The topological polar surface area (TPSA) is 3.24 Å². The van der Waals surface area contributed by atoms with Crippen molar-refractivity contribution in [2.24, 2.45) is 0 Å². The van der Waals surface area contributed by atoms with Gasteiger partial charge in [-0.15, -0.1) is 0 Å². The number of aryl methyl sites for hydroxylation is 1. The standard InChI is InChI=1S/C10H11NS/c1-7-3-4-8-6-10(12)11(2)9(8)5-7/h3-5H,6H2,1-2H3. The third-order valence-corrected chi connectivity index (χ3v) is 2.74. The van der Waals surface area contributed by atoms with Crippen LogP contribution in [0.4, 0.5) is 5.69 Å². The zero-order valence-electron chi connectivity index (χ0n) is 7.29. The molecule has 1 aliphatic heterocycles. The van der Waals surface area contributed by atoms with E-state index >= 15 is 0 Å². The van der Waals surface area contributed by atoms with E-state index in [-0.39, 0.29) is 0 Å². The molecule has 1 aromatic rings. The predicted molar refractivity (Wildman–Crippen MR) is 55.9 cm³/mol. The molecule has 0 saturated heterocycles. The summed E-state index contributed by atoms with van der Waals surface area (Å²) in [5, 5.41) is 0. The lowest BCUT2D eigenvalue weighted by Gasteiger charge is -2.12. The minimum absolute atomic E-state index is 0.932. The maximum atomic E-state index is 5.22. The van der Waals surface area contributed by atoms with Crippen LogP contribution >= 0.6 is 12.2 Å². The average molecular weight is 177 g/mol. The number of nitrogens with zero attached hydrogens (tertiary/aromatic N) is 1. The highest BCUT2D eigenvalue weighted by atomic mass is 32.1. The minimum atomic E-state index is 0.932. The Morgan fingerprint density at radius 1 is 1.42 bits per heavy atom. The van der Waals surface area contributed by atoms with Crippen LogP contribution in [0.2, 0.25) is 0 Å². The molecule has 1 nitrogen and oxygen atoms in total. The molecule has 0 N–H and O–H groups in total. The number of benzene rings is 1. The summed E-state index contributed by atoms with van der Waals surface area (Å²) in [4.78, 5) is 3.12. The Morgan fingerprint density at radius 2 is 2.17 bits per heavy atom. The second-order valence-corrected chi connectivity index (χ2v) is 3.73. The highest BCUT2D eigenvalue weighted by molar-refractivity contribution is 7.80. The van der Waals surface area contributed by atoms with Gasteiger partial charge in [0.1, 0.15) is 0 Å². The summed E-state index contributed by atoms with van der Waals surface area (Å²) >= 11 is 5.22. The number of rotatable bonds is 0. The van der Waals surface area contributed by atoms with E-state index in [0.29, 0.717) is 0 Å². The van der Waals surface area contributed by atoms with E-state index in [1.807, 2.05) is 7.05 Å². The minimum Gasteiger partial charge on any atom is -0.339 e. The summed E-state index contributed by atoms with van der Waals surface area (Å²) in [7, 11) is 2.04.